The maximum atomic E-state index is 13.1. The number of hydrogen-bond acceptors (Lipinski definition) is 5. The lowest BCUT2D eigenvalue weighted by Crippen LogP contribution is -2.14. The number of benzene rings is 1. The van der Waals surface area contributed by atoms with E-state index in [0.29, 0.717) is 5.69 Å². The van der Waals surface area contributed by atoms with Crippen LogP contribution in [0.2, 0.25) is 0 Å². The molecule has 0 aliphatic heterocycles. The maximum Gasteiger partial charge on any atom is 0.234 e. The Morgan fingerprint density at radius 1 is 1.36 bits per heavy atom. The second-order valence-corrected chi connectivity index (χ2v) is 6.80. The highest BCUT2D eigenvalue weighted by atomic mass is 32.2. The second kappa shape index (κ2) is 6.41. The molecule has 0 atom stereocenters. The minimum atomic E-state index is -0.378. The molecule has 4 nitrogen and oxygen atoms in total. The molecule has 7 heteroatoms. The standard InChI is InChI=1S/C15H12FN3OS2/c1-9-5-12-14(17-8-18-15(12)22-9)21-7-13(20)19-11-4-2-3-10(16)6-11/h2-6,8H,7H2,1H3,(H,19,20). The predicted molar refractivity (Wildman–Crippen MR) is 87.9 cm³/mol. The number of thioether (sulfide) groups is 1. The van der Waals surface area contributed by atoms with Gasteiger partial charge in [-0.1, -0.05) is 17.8 Å². The fourth-order valence-corrected chi connectivity index (χ4v) is 3.65. The molecule has 3 aromatic rings. The maximum absolute atomic E-state index is 13.1. The van der Waals surface area contributed by atoms with E-state index >= 15 is 0 Å². The quantitative estimate of drug-likeness (QED) is 0.582. The number of amides is 1. The number of halogens is 1. The first-order chi connectivity index (χ1) is 10.6. The first kappa shape index (κ1) is 14.9. The topological polar surface area (TPSA) is 54.9 Å². The average molecular weight is 333 g/mol. The van der Waals surface area contributed by atoms with E-state index in [4.69, 9.17) is 0 Å². The van der Waals surface area contributed by atoms with E-state index in [1.54, 1.807) is 23.5 Å². The van der Waals surface area contributed by atoms with Gasteiger partial charge in [-0.3, -0.25) is 4.79 Å². The summed E-state index contributed by atoms with van der Waals surface area (Å²) >= 11 is 2.94. The van der Waals surface area contributed by atoms with Gasteiger partial charge in [0.25, 0.3) is 0 Å². The van der Waals surface area contributed by atoms with E-state index in [9.17, 15) is 9.18 Å². The van der Waals surface area contributed by atoms with Crippen LogP contribution in [0.3, 0.4) is 0 Å². The van der Waals surface area contributed by atoms with Gasteiger partial charge in [0.15, 0.2) is 0 Å². The Kier molecular flexibility index (Phi) is 4.35. The van der Waals surface area contributed by atoms with E-state index in [2.05, 4.69) is 15.3 Å². The molecule has 2 aromatic heterocycles. The Hall–Kier alpha value is -1.99. The van der Waals surface area contributed by atoms with Crippen molar-refractivity contribution < 1.29 is 9.18 Å². The van der Waals surface area contributed by atoms with Crippen molar-refractivity contribution in [3.05, 3.63) is 47.4 Å². The van der Waals surface area contributed by atoms with E-state index in [-0.39, 0.29) is 17.5 Å². The summed E-state index contributed by atoms with van der Waals surface area (Å²) in [6, 6.07) is 7.85. The highest BCUT2D eigenvalue weighted by Gasteiger charge is 2.10. The highest BCUT2D eigenvalue weighted by molar-refractivity contribution is 8.00. The zero-order valence-corrected chi connectivity index (χ0v) is 13.3. The molecule has 0 spiro atoms. The molecule has 0 unspecified atom stereocenters. The monoisotopic (exact) mass is 333 g/mol. The summed E-state index contributed by atoms with van der Waals surface area (Å²) < 4.78 is 13.1. The molecule has 0 aliphatic carbocycles. The summed E-state index contributed by atoms with van der Waals surface area (Å²) in [6.45, 7) is 2.01. The Morgan fingerprint density at radius 3 is 3.05 bits per heavy atom. The summed E-state index contributed by atoms with van der Waals surface area (Å²) in [7, 11) is 0. The zero-order valence-electron chi connectivity index (χ0n) is 11.7. The van der Waals surface area contributed by atoms with Gasteiger partial charge in [0, 0.05) is 16.0 Å². The van der Waals surface area contributed by atoms with Gasteiger partial charge in [-0.15, -0.1) is 11.3 Å². The van der Waals surface area contributed by atoms with Crippen LogP contribution >= 0.6 is 23.1 Å². The Bertz CT molecular complexity index is 835. The lowest BCUT2D eigenvalue weighted by atomic mass is 10.3. The Morgan fingerprint density at radius 2 is 2.23 bits per heavy atom. The van der Waals surface area contributed by atoms with Crippen LogP contribution in [-0.4, -0.2) is 21.6 Å². The normalized spacial score (nSPS) is 10.8. The number of nitrogens with one attached hydrogen (secondary N) is 1. The number of fused-ring (bicyclic) bond motifs is 1. The fourth-order valence-electron chi connectivity index (χ4n) is 1.97. The molecule has 2 heterocycles. The van der Waals surface area contributed by atoms with E-state index < -0.39 is 0 Å². The molecular weight excluding hydrogens is 321 g/mol. The van der Waals surface area contributed by atoms with E-state index in [1.807, 2.05) is 13.0 Å². The lowest BCUT2D eigenvalue weighted by molar-refractivity contribution is -0.113. The van der Waals surface area contributed by atoms with Crippen molar-refractivity contribution in [2.45, 2.75) is 11.9 Å². The van der Waals surface area contributed by atoms with Gasteiger partial charge in [0.1, 0.15) is 22.0 Å². The van der Waals surface area contributed by atoms with Crippen LogP contribution in [0.15, 0.2) is 41.7 Å². The van der Waals surface area contributed by atoms with Crippen molar-refractivity contribution in [1.82, 2.24) is 9.97 Å². The number of carbonyl (C=O) groups is 1. The molecule has 0 saturated heterocycles. The first-order valence-corrected chi connectivity index (χ1v) is 8.31. The summed E-state index contributed by atoms with van der Waals surface area (Å²) in [5.74, 6) is -0.372. The van der Waals surface area contributed by atoms with Crippen molar-refractivity contribution in [1.29, 1.82) is 0 Å². The number of hydrogen-bond donors (Lipinski definition) is 1. The molecule has 0 bridgehead atoms. The molecule has 0 aliphatic rings. The minimum Gasteiger partial charge on any atom is -0.325 e. The van der Waals surface area contributed by atoms with Gasteiger partial charge in [-0.2, -0.15) is 0 Å². The van der Waals surface area contributed by atoms with Gasteiger partial charge in [0.2, 0.25) is 5.91 Å². The summed E-state index contributed by atoms with van der Waals surface area (Å²) in [6.07, 6.45) is 1.51. The fraction of sp³-hybridized carbons (Fsp3) is 0.133. The van der Waals surface area contributed by atoms with Crippen LogP contribution in [0.5, 0.6) is 0 Å². The third kappa shape index (κ3) is 3.42. The molecule has 0 fully saturated rings. The third-order valence-electron chi connectivity index (χ3n) is 2.86. The number of aromatic nitrogens is 2. The smallest absolute Gasteiger partial charge is 0.234 e. The Balaban J connectivity index is 1.67. The van der Waals surface area contributed by atoms with Crippen molar-refractivity contribution in [2.24, 2.45) is 0 Å². The second-order valence-electron chi connectivity index (χ2n) is 4.60. The third-order valence-corrected chi connectivity index (χ3v) is 4.83. The molecule has 0 saturated carbocycles. The first-order valence-electron chi connectivity index (χ1n) is 6.51. The van der Waals surface area contributed by atoms with Gasteiger partial charge in [-0.25, -0.2) is 14.4 Å². The molecule has 112 valence electrons. The Labute approximate surface area is 134 Å². The van der Waals surface area contributed by atoms with Crippen LogP contribution in [0.25, 0.3) is 10.2 Å². The minimum absolute atomic E-state index is 0.200. The highest BCUT2D eigenvalue weighted by Crippen LogP contribution is 2.30. The molecule has 3 rings (SSSR count). The van der Waals surface area contributed by atoms with Gasteiger partial charge >= 0.3 is 0 Å². The average Bonchev–Trinajstić information content (AvgIpc) is 2.86. The predicted octanol–water partition coefficient (Wildman–Crippen LogP) is 3.87. The van der Waals surface area contributed by atoms with Crippen LogP contribution in [0.1, 0.15) is 4.88 Å². The zero-order chi connectivity index (χ0) is 15.5. The molecule has 1 aromatic carbocycles. The largest absolute Gasteiger partial charge is 0.325 e. The lowest BCUT2D eigenvalue weighted by Gasteiger charge is -2.05. The van der Waals surface area contributed by atoms with E-state index in [1.165, 1.54) is 30.2 Å². The van der Waals surface area contributed by atoms with E-state index in [0.717, 1.165) is 20.1 Å². The number of carbonyl (C=O) groups excluding carboxylic acids is 1. The van der Waals surface area contributed by atoms with Crippen LogP contribution < -0.4 is 5.32 Å². The molecule has 0 radical (unpaired) electrons. The number of rotatable bonds is 4. The number of anilines is 1. The number of thiophene rings is 1. The van der Waals surface area contributed by atoms with Crippen LogP contribution in [0, 0.1) is 12.7 Å². The van der Waals surface area contributed by atoms with Gasteiger partial charge in [0.05, 0.1) is 5.75 Å². The molecule has 1 amide bonds. The van der Waals surface area contributed by atoms with Crippen molar-refractivity contribution in [3.8, 4) is 0 Å². The summed E-state index contributed by atoms with van der Waals surface area (Å²) in [5, 5.41) is 4.41. The summed E-state index contributed by atoms with van der Waals surface area (Å²) in [4.78, 5) is 22.5. The van der Waals surface area contributed by atoms with Crippen molar-refractivity contribution >= 4 is 44.9 Å². The number of nitrogens with zero attached hydrogens (tertiary/aromatic N) is 2. The van der Waals surface area contributed by atoms with Gasteiger partial charge < -0.3 is 5.32 Å². The molecule has 1 N–H and O–H groups in total. The van der Waals surface area contributed by atoms with Crippen LogP contribution in [-0.2, 0) is 4.79 Å². The number of aryl methyl sites for hydroxylation is 1. The molecular formula is C15H12FN3OS2. The van der Waals surface area contributed by atoms with Gasteiger partial charge in [-0.05, 0) is 31.2 Å². The van der Waals surface area contributed by atoms with Crippen molar-refractivity contribution in [3.63, 3.8) is 0 Å². The molecule has 22 heavy (non-hydrogen) atoms. The van der Waals surface area contributed by atoms with Crippen LogP contribution in [0.4, 0.5) is 10.1 Å². The SMILES string of the molecule is Cc1cc2c(SCC(=O)Nc3cccc(F)c3)ncnc2s1. The van der Waals surface area contributed by atoms with Crippen molar-refractivity contribution in [2.75, 3.05) is 11.1 Å². The summed E-state index contributed by atoms with van der Waals surface area (Å²) in [5.41, 5.74) is 0.449.